The van der Waals surface area contributed by atoms with Gasteiger partial charge in [-0.25, -0.2) is 0 Å². The molecule has 112 valence electrons. The summed E-state index contributed by atoms with van der Waals surface area (Å²) in [6.07, 6.45) is 1.63. The molecular formula is C17H22N2O2. The number of pyridine rings is 1. The Hall–Kier alpha value is -2.10. The van der Waals surface area contributed by atoms with Crippen molar-refractivity contribution in [1.29, 1.82) is 0 Å². The van der Waals surface area contributed by atoms with Gasteiger partial charge in [0.15, 0.2) is 0 Å². The van der Waals surface area contributed by atoms with Crippen molar-refractivity contribution in [3.05, 3.63) is 45.7 Å². The Bertz CT molecular complexity index is 699. The molecule has 0 saturated heterocycles. The molecule has 0 atom stereocenters. The molecule has 0 unspecified atom stereocenters. The average molecular weight is 286 g/mol. The van der Waals surface area contributed by atoms with Crippen LogP contribution < -0.4 is 10.9 Å². The fourth-order valence-electron chi connectivity index (χ4n) is 2.55. The van der Waals surface area contributed by atoms with Gasteiger partial charge in [0.05, 0.1) is 5.52 Å². The molecule has 21 heavy (non-hydrogen) atoms. The molecule has 0 radical (unpaired) electrons. The Balaban J connectivity index is 2.21. The number of hydrogen-bond donors (Lipinski definition) is 2. The van der Waals surface area contributed by atoms with Crippen molar-refractivity contribution < 1.29 is 4.79 Å². The fraction of sp³-hybridized carbons (Fsp3) is 0.412. The first-order valence-corrected chi connectivity index (χ1v) is 7.46. The molecule has 4 nitrogen and oxygen atoms in total. The second-order valence-corrected chi connectivity index (χ2v) is 5.39. The number of benzene rings is 1. The van der Waals surface area contributed by atoms with Gasteiger partial charge < -0.3 is 10.3 Å². The highest BCUT2D eigenvalue weighted by Crippen LogP contribution is 2.15. The van der Waals surface area contributed by atoms with Gasteiger partial charge in [-0.1, -0.05) is 32.0 Å². The second-order valence-electron chi connectivity index (χ2n) is 5.39. The predicted octanol–water partition coefficient (Wildman–Crippen LogP) is 2.89. The van der Waals surface area contributed by atoms with Crippen LogP contribution >= 0.6 is 0 Å². The van der Waals surface area contributed by atoms with E-state index in [4.69, 9.17) is 0 Å². The summed E-state index contributed by atoms with van der Waals surface area (Å²) in [7, 11) is 0. The average Bonchev–Trinajstić information content (AvgIpc) is 2.47. The highest BCUT2D eigenvalue weighted by Gasteiger charge is 2.14. The van der Waals surface area contributed by atoms with Gasteiger partial charge in [0.1, 0.15) is 0 Å². The van der Waals surface area contributed by atoms with Gasteiger partial charge in [-0.3, -0.25) is 9.59 Å². The molecule has 0 aliphatic heterocycles. The summed E-state index contributed by atoms with van der Waals surface area (Å²) in [5.41, 5.74) is 2.35. The van der Waals surface area contributed by atoms with Crippen LogP contribution in [0.5, 0.6) is 0 Å². The number of amides is 1. The molecule has 0 aliphatic carbocycles. The zero-order chi connectivity index (χ0) is 15.4. The third-order valence-corrected chi connectivity index (χ3v) is 3.97. The number of fused-ring (bicyclic) bond motifs is 1. The van der Waals surface area contributed by atoms with E-state index in [1.807, 2.05) is 45.0 Å². The molecule has 0 spiro atoms. The Morgan fingerprint density at radius 2 is 2.00 bits per heavy atom. The lowest BCUT2D eigenvalue weighted by Gasteiger charge is -2.12. The van der Waals surface area contributed by atoms with Crippen molar-refractivity contribution in [3.8, 4) is 0 Å². The first kappa shape index (κ1) is 15.3. The molecule has 2 aromatic rings. The van der Waals surface area contributed by atoms with E-state index in [9.17, 15) is 9.59 Å². The van der Waals surface area contributed by atoms with Crippen LogP contribution in [0, 0.1) is 12.8 Å². The summed E-state index contributed by atoms with van der Waals surface area (Å²) in [5, 5.41) is 3.85. The van der Waals surface area contributed by atoms with Gasteiger partial charge in [-0.05, 0) is 36.8 Å². The Labute approximate surface area is 124 Å². The lowest BCUT2D eigenvalue weighted by Crippen LogP contribution is -2.31. The molecule has 1 heterocycles. The van der Waals surface area contributed by atoms with Crippen molar-refractivity contribution in [2.75, 3.05) is 0 Å². The van der Waals surface area contributed by atoms with E-state index in [0.717, 1.165) is 29.3 Å². The number of nitrogens with one attached hydrogen (secondary N) is 2. The van der Waals surface area contributed by atoms with Crippen LogP contribution in [0.15, 0.2) is 29.1 Å². The number of aryl methyl sites for hydroxylation is 1. The first-order valence-electron chi connectivity index (χ1n) is 7.46. The molecule has 1 aromatic heterocycles. The van der Waals surface area contributed by atoms with E-state index in [0.29, 0.717) is 5.56 Å². The number of H-pyrrole nitrogens is 1. The Morgan fingerprint density at radius 3 is 2.67 bits per heavy atom. The quantitative estimate of drug-likeness (QED) is 0.887. The van der Waals surface area contributed by atoms with Gasteiger partial charge in [0, 0.05) is 18.0 Å². The minimum Gasteiger partial charge on any atom is -0.352 e. The van der Waals surface area contributed by atoms with Crippen molar-refractivity contribution in [1.82, 2.24) is 10.3 Å². The summed E-state index contributed by atoms with van der Waals surface area (Å²) in [6, 6.07) is 7.74. The standard InChI is InChI=1S/C17H22N2O2/c1-4-12(5-2)16(20)18-10-14-9-13-8-6-7-11(3)15(13)19-17(14)21/h6-9,12H,4-5,10H2,1-3H3,(H,18,20)(H,19,21). The van der Waals surface area contributed by atoms with E-state index in [-0.39, 0.29) is 23.9 Å². The molecule has 0 bridgehead atoms. The van der Waals surface area contributed by atoms with E-state index in [2.05, 4.69) is 10.3 Å². The minimum absolute atomic E-state index is 0.0174. The van der Waals surface area contributed by atoms with Gasteiger partial charge in [0.25, 0.3) is 5.56 Å². The number of rotatable bonds is 5. The molecule has 1 amide bonds. The highest BCUT2D eigenvalue weighted by molar-refractivity contribution is 5.82. The Kier molecular flexibility index (Phi) is 4.78. The van der Waals surface area contributed by atoms with Crippen LogP contribution in [-0.4, -0.2) is 10.9 Å². The van der Waals surface area contributed by atoms with Crippen molar-refractivity contribution in [2.24, 2.45) is 5.92 Å². The van der Waals surface area contributed by atoms with Crippen LogP contribution in [0.4, 0.5) is 0 Å². The van der Waals surface area contributed by atoms with Crippen molar-refractivity contribution in [3.63, 3.8) is 0 Å². The molecule has 1 aromatic carbocycles. The maximum absolute atomic E-state index is 12.1. The Morgan fingerprint density at radius 1 is 1.29 bits per heavy atom. The zero-order valence-corrected chi connectivity index (χ0v) is 12.8. The van der Waals surface area contributed by atoms with Gasteiger partial charge in [-0.15, -0.1) is 0 Å². The summed E-state index contributed by atoms with van der Waals surface area (Å²) < 4.78 is 0. The molecule has 2 rings (SSSR count). The smallest absolute Gasteiger partial charge is 0.253 e. The molecule has 0 fully saturated rings. The summed E-state index contributed by atoms with van der Waals surface area (Å²) >= 11 is 0. The lowest BCUT2D eigenvalue weighted by molar-refractivity contribution is -0.125. The van der Waals surface area contributed by atoms with Crippen molar-refractivity contribution >= 4 is 16.8 Å². The number of para-hydroxylation sites is 1. The maximum atomic E-state index is 12.1. The molecule has 2 N–H and O–H groups in total. The SMILES string of the molecule is CCC(CC)C(=O)NCc1cc2cccc(C)c2[nH]c1=O. The van der Waals surface area contributed by atoms with Gasteiger partial charge in [0.2, 0.25) is 5.91 Å². The predicted molar refractivity (Wildman–Crippen MR) is 85.2 cm³/mol. The van der Waals surface area contributed by atoms with Gasteiger partial charge in [-0.2, -0.15) is 0 Å². The first-order chi connectivity index (χ1) is 10.1. The largest absolute Gasteiger partial charge is 0.352 e. The molecule has 4 heteroatoms. The summed E-state index contributed by atoms with van der Waals surface area (Å²) in [5.74, 6) is 0.0375. The monoisotopic (exact) mass is 286 g/mol. The third kappa shape index (κ3) is 3.32. The number of aromatic nitrogens is 1. The van der Waals surface area contributed by atoms with Crippen LogP contribution in [0.1, 0.15) is 37.8 Å². The maximum Gasteiger partial charge on any atom is 0.253 e. The van der Waals surface area contributed by atoms with Crippen LogP contribution in [-0.2, 0) is 11.3 Å². The molecule has 0 saturated carbocycles. The second kappa shape index (κ2) is 6.57. The lowest BCUT2D eigenvalue weighted by atomic mass is 10.0. The van der Waals surface area contributed by atoms with E-state index >= 15 is 0 Å². The number of hydrogen-bond acceptors (Lipinski definition) is 2. The fourth-order valence-corrected chi connectivity index (χ4v) is 2.55. The van der Waals surface area contributed by atoms with Crippen LogP contribution in [0.3, 0.4) is 0 Å². The normalized spacial score (nSPS) is 11.0. The number of aromatic amines is 1. The van der Waals surface area contributed by atoms with Crippen LogP contribution in [0.2, 0.25) is 0 Å². The minimum atomic E-state index is -0.137. The molecule has 0 aliphatic rings. The van der Waals surface area contributed by atoms with E-state index in [1.165, 1.54) is 0 Å². The highest BCUT2D eigenvalue weighted by atomic mass is 16.2. The summed E-state index contributed by atoms with van der Waals surface area (Å²) in [6.45, 7) is 6.24. The topological polar surface area (TPSA) is 62.0 Å². The van der Waals surface area contributed by atoms with E-state index < -0.39 is 0 Å². The third-order valence-electron chi connectivity index (χ3n) is 3.97. The van der Waals surface area contributed by atoms with E-state index in [1.54, 1.807) is 0 Å². The van der Waals surface area contributed by atoms with Crippen molar-refractivity contribution in [2.45, 2.75) is 40.2 Å². The number of carbonyl (C=O) groups excluding carboxylic acids is 1. The zero-order valence-electron chi connectivity index (χ0n) is 12.8. The summed E-state index contributed by atoms with van der Waals surface area (Å²) in [4.78, 5) is 27.0. The van der Waals surface area contributed by atoms with Crippen LogP contribution in [0.25, 0.3) is 10.9 Å². The molecular weight excluding hydrogens is 264 g/mol. The number of carbonyl (C=O) groups is 1. The van der Waals surface area contributed by atoms with Gasteiger partial charge >= 0.3 is 0 Å².